The highest BCUT2D eigenvalue weighted by Crippen LogP contribution is 2.07. The highest BCUT2D eigenvalue weighted by Gasteiger charge is 2.20. The molecule has 0 aliphatic rings. The first-order chi connectivity index (χ1) is 15.1. The molecule has 31 heavy (non-hydrogen) atoms. The second-order valence-corrected chi connectivity index (χ2v) is 8.05. The second kappa shape index (κ2) is 17.7. The number of rotatable bonds is 18. The predicted molar refractivity (Wildman–Crippen MR) is 128 cm³/mol. The van der Waals surface area contributed by atoms with Gasteiger partial charge in [0.15, 0.2) is 0 Å². The minimum absolute atomic E-state index is 0.0751. The molecule has 1 rings (SSSR count). The summed E-state index contributed by atoms with van der Waals surface area (Å²) in [5.41, 5.74) is 7.68. The third-order valence-electron chi connectivity index (χ3n) is 5.03. The van der Waals surface area contributed by atoms with Gasteiger partial charge in [0.2, 0.25) is 11.8 Å². The molecule has 1 aromatic carbocycles. The molecule has 0 bridgehead atoms. The average molecular weight is 434 g/mol. The molecule has 1 atom stereocenters. The molecular formula is C24H43N5O2. The zero-order valence-corrected chi connectivity index (χ0v) is 19.5. The molecule has 2 amide bonds. The van der Waals surface area contributed by atoms with Crippen molar-refractivity contribution in [3.8, 4) is 0 Å². The van der Waals surface area contributed by atoms with E-state index in [9.17, 15) is 9.59 Å². The molecule has 0 aromatic heterocycles. The molecule has 0 saturated carbocycles. The number of benzene rings is 1. The lowest BCUT2D eigenvalue weighted by atomic mass is 10.0. The van der Waals surface area contributed by atoms with E-state index in [2.05, 4.69) is 21.3 Å². The van der Waals surface area contributed by atoms with Crippen LogP contribution >= 0.6 is 0 Å². The zero-order chi connectivity index (χ0) is 22.7. The van der Waals surface area contributed by atoms with Crippen molar-refractivity contribution in [3.63, 3.8) is 0 Å². The van der Waals surface area contributed by atoms with Gasteiger partial charge in [0, 0.05) is 19.4 Å². The first-order valence-corrected chi connectivity index (χ1v) is 11.8. The minimum atomic E-state index is -0.540. The van der Waals surface area contributed by atoms with E-state index in [1.165, 1.54) is 5.56 Å². The van der Waals surface area contributed by atoms with Gasteiger partial charge in [-0.05, 0) is 77.3 Å². The Labute approximate surface area is 188 Å². The molecule has 0 fully saturated rings. The van der Waals surface area contributed by atoms with E-state index in [0.717, 1.165) is 70.4 Å². The molecule has 0 saturated heterocycles. The quantitative estimate of drug-likeness (QED) is 0.226. The van der Waals surface area contributed by atoms with Crippen molar-refractivity contribution >= 4 is 11.8 Å². The second-order valence-electron chi connectivity index (χ2n) is 8.05. The van der Waals surface area contributed by atoms with Crippen LogP contribution in [0.3, 0.4) is 0 Å². The van der Waals surface area contributed by atoms with Gasteiger partial charge in [-0.3, -0.25) is 9.59 Å². The number of carbonyl (C=O) groups excluding carboxylic acids is 2. The summed E-state index contributed by atoms with van der Waals surface area (Å²) in [5, 5.41) is 12.7. The number of amides is 2. The molecule has 7 nitrogen and oxygen atoms in total. The van der Waals surface area contributed by atoms with Crippen LogP contribution in [0.15, 0.2) is 24.3 Å². The Balaban J connectivity index is 2.25. The van der Waals surface area contributed by atoms with Crippen LogP contribution in [0.1, 0.15) is 56.6 Å². The highest BCUT2D eigenvalue weighted by atomic mass is 16.2. The van der Waals surface area contributed by atoms with Crippen molar-refractivity contribution in [2.45, 2.75) is 64.8 Å². The molecule has 0 aliphatic carbocycles. The van der Waals surface area contributed by atoms with Crippen LogP contribution in [0.25, 0.3) is 0 Å². The molecule has 0 radical (unpaired) electrons. The van der Waals surface area contributed by atoms with E-state index in [-0.39, 0.29) is 11.8 Å². The Hall–Kier alpha value is -1.96. The van der Waals surface area contributed by atoms with E-state index < -0.39 is 6.04 Å². The normalized spacial score (nSPS) is 11.8. The Bertz CT molecular complexity index is 606. The smallest absolute Gasteiger partial charge is 0.242 e. The maximum absolute atomic E-state index is 12.7. The van der Waals surface area contributed by atoms with E-state index in [1.54, 1.807) is 0 Å². The fraction of sp³-hybridized carbons (Fsp3) is 0.667. The van der Waals surface area contributed by atoms with Crippen LogP contribution in [0.2, 0.25) is 0 Å². The molecule has 176 valence electrons. The number of hydrogen-bond acceptors (Lipinski definition) is 5. The maximum atomic E-state index is 12.7. The van der Waals surface area contributed by atoms with Crippen molar-refractivity contribution in [3.05, 3.63) is 35.4 Å². The molecule has 0 heterocycles. The van der Waals surface area contributed by atoms with Crippen molar-refractivity contribution in [2.24, 2.45) is 5.73 Å². The van der Waals surface area contributed by atoms with E-state index in [1.807, 2.05) is 38.1 Å². The Morgan fingerprint density at radius 1 is 0.903 bits per heavy atom. The van der Waals surface area contributed by atoms with Crippen LogP contribution in [-0.2, 0) is 16.0 Å². The zero-order valence-electron chi connectivity index (χ0n) is 19.5. The Morgan fingerprint density at radius 2 is 1.52 bits per heavy atom. The first-order valence-electron chi connectivity index (χ1n) is 11.8. The van der Waals surface area contributed by atoms with E-state index in [0.29, 0.717) is 19.4 Å². The molecule has 0 aliphatic heterocycles. The number of nitrogens with two attached hydrogens (primary N) is 1. The molecule has 7 heteroatoms. The summed E-state index contributed by atoms with van der Waals surface area (Å²) in [7, 11) is 0. The van der Waals surface area contributed by atoms with Crippen molar-refractivity contribution in [1.29, 1.82) is 0 Å². The topological polar surface area (TPSA) is 108 Å². The SMILES string of the molecule is CCCC(=O)N[C@@H](Cc1ccc(C)cc1)C(=O)NCCCNCCCCNCCCN. The Morgan fingerprint density at radius 3 is 2.13 bits per heavy atom. The van der Waals surface area contributed by atoms with Gasteiger partial charge in [0.1, 0.15) is 6.04 Å². The number of hydrogen-bond donors (Lipinski definition) is 5. The van der Waals surface area contributed by atoms with E-state index >= 15 is 0 Å². The largest absolute Gasteiger partial charge is 0.354 e. The van der Waals surface area contributed by atoms with Crippen LogP contribution < -0.4 is 27.0 Å². The summed E-state index contributed by atoms with van der Waals surface area (Å²) >= 11 is 0. The van der Waals surface area contributed by atoms with Gasteiger partial charge in [-0.15, -0.1) is 0 Å². The van der Waals surface area contributed by atoms with Crippen LogP contribution in [-0.4, -0.2) is 57.1 Å². The molecular weight excluding hydrogens is 390 g/mol. The number of nitrogens with one attached hydrogen (secondary N) is 4. The fourth-order valence-electron chi connectivity index (χ4n) is 3.19. The predicted octanol–water partition coefficient (Wildman–Crippen LogP) is 1.64. The summed E-state index contributed by atoms with van der Waals surface area (Å²) in [4.78, 5) is 24.7. The van der Waals surface area contributed by atoms with Gasteiger partial charge in [-0.2, -0.15) is 0 Å². The standard InChI is InChI=1S/C24H43N5O2/c1-3-8-23(30)29-22(19-21-11-9-20(2)10-12-21)24(31)28-18-7-17-27-15-5-4-14-26-16-6-13-25/h9-12,22,26-27H,3-8,13-19,25H2,1-2H3,(H,28,31)(H,29,30)/t22-/m0/s1. The fourth-order valence-corrected chi connectivity index (χ4v) is 3.19. The van der Waals surface area contributed by atoms with Crippen molar-refractivity contribution in [1.82, 2.24) is 21.3 Å². The summed E-state index contributed by atoms with van der Waals surface area (Å²) in [6.07, 6.45) is 5.86. The van der Waals surface area contributed by atoms with Gasteiger partial charge in [-0.25, -0.2) is 0 Å². The molecule has 0 spiro atoms. The first kappa shape index (κ1) is 27.1. The maximum Gasteiger partial charge on any atom is 0.242 e. The molecule has 0 unspecified atom stereocenters. The van der Waals surface area contributed by atoms with Gasteiger partial charge >= 0.3 is 0 Å². The summed E-state index contributed by atoms with van der Waals surface area (Å²) in [5.74, 6) is -0.192. The van der Waals surface area contributed by atoms with Crippen LogP contribution in [0.4, 0.5) is 0 Å². The summed E-state index contributed by atoms with van der Waals surface area (Å²) in [6, 6.07) is 7.54. The minimum Gasteiger partial charge on any atom is -0.354 e. The van der Waals surface area contributed by atoms with Gasteiger partial charge < -0.3 is 27.0 Å². The van der Waals surface area contributed by atoms with Gasteiger partial charge in [0.05, 0.1) is 0 Å². The highest BCUT2D eigenvalue weighted by molar-refractivity contribution is 5.87. The lowest BCUT2D eigenvalue weighted by Gasteiger charge is -2.19. The average Bonchev–Trinajstić information content (AvgIpc) is 2.75. The number of carbonyl (C=O) groups is 2. The van der Waals surface area contributed by atoms with Crippen molar-refractivity contribution in [2.75, 3.05) is 39.3 Å². The lowest BCUT2D eigenvalue weighted by Crippen LogP contribution is -2.48. The van der Waals surface area contributed by atoms with Crippen LogP contribution in [0, 0.1) is 6.92 Å². The Kier molecular flexibility index (Phi) is 15.5. The number of unbranched alkanes of at least 4 members (excludes halogenated alkanes) is 1. The summed E-state index contributed by atoms with van der Waals surface area (Å²) < 4.78 is 0. The monoisotopic (exact) mass is 433 g/mol. The molecule has 6 N–H and O–H groups in total. The third-order valence-corrected chi connectivity index (χ3v) is 5.03. The third kappa shape index (κ3) is 13.9. The molecule has 1 aromatic rings. The van der Waals surface area contributed by atoms with Crippen molar-refractivity contribution < 1.29 is 9.59 Å². The lowest BCUT2D eigenvalue weighted by molar-refractivity contribution is -0.129. The van der Waals surface area contributed by atoms with E-state index in [4.69, 9.17) is 5.73 Å². The number of aryl methyl sites for hydroxylation is 1. The van der Waals surface area contributed by atoms with Crippen LogP contribution in [0.5, 0.6) is 0 Å². The summed E-state index contributed by atoms with van der Waals surface area (Å²) in [6.45, 7) is 9.20. The van der Waals surface area contributed by atoms with Gasteiger partial charge in [-0.1, -0.05) is 36.8 Å². The van der Waals surface area contributed by atoms with Gasteiger partial charge in [0.25, 0.3) is 0 Å².